The van der Waals surface area contributed by atoms with Crippen molar-refractivity contribution in [3.63, 3.8) is 0 Å². The maximum atomic E-state index is 14.4. The van der Waals surface area contributed by atoms with Crippen LogP contribution >= 0.6 is 0 Å². The van der Waals surface area contributed by atoms with Crippen molar-refractivity contribution < 1.29 is 23.7 Å². The smallest absolute Gasteiger partial charge is 0.161 e. The third-order valence-corrected chi connectivity index (χ3v) is 6.80. The van der Waals surface area contributed by atoms with E-state index in [2.05, 4.69) is 21.7 Å². The van der Waals surface area contributed by atoms with Gasteiger partial charge in [0.25, 0.3) is 0 Å². The molecule has 0 aliphatic carbocycles. The third kappa shape index (κ3) is 6.28. The van der Waals surface area contributed by atoms with Crippen molar-refractivity contribution in [2.75, 3.05) is 26.9 Å². The van der Waals surface area contributed by atoms with Gasteiger partial charge < -0.3 is 29.6 Å². The number of aliphatic imine (C=N–C) groups is 2. The van der Waals surface area contributed by atoms with E-state index in [-0.39, 0.29) is 25.0 Å². The topological polar surface area (TPSA) is 134 Å². The zero-order valence-corrected chi connectivity index (χ0v) is 22.7. The molecule has 1 fully saturated rings. The highest BCUT2D eigenvalue weighted by atomic mass is 19.1. The maximum absolute atomic E-state index is 14.4. The lowest BCUT2D eigenvalue weighted by Crippen LogP contribution is -2.20. The van der Waals surface area contributed by atoms with Crippen molar-refractivity contribution in [2.45, 2.75) is 32.0 Å². The van der Waals surface area contributed by atoms with Gasteiger partial charge in [-0.2, -0.15) is 5.10 Å². The molecule has 2 aromatic heterocycles. The minimum Gasteiger partial charge on any atom is -0.487 e. The second-order valence-electron chi connectivity index (χ2n) is 9.44. The molecule has 5 rings (SSSR count). The fourth-order valence-corrected chi connectivity index (χ4v) is 4.74. The predicted octanol–water partition coefficient (Wildman–Crippen LogP) is 4.27. The van der Waals surface area contributed by atoms with E-state index < -0.39 is 5.82 Å². The number of nitrogens with two attached hydrogens (primary N) is 1. The van der Waals surface area contributed by atoms with Gasteiger partial charge in [-0.25, -0.2) is 19.0 Å². The maximum Gasteiger partial charge on any atom is 0.161 e. The molecule has 2 aromatic carbocycles. The van der Waals surface area contributed by atoms with Gasteiger partial charge >= 0.3 is 0 Å². The number of halogens is 1. The molecule has 1 aliphatic heterocycles. The number of hydrogen-bond acceptors (Lipinski definition) is 8. The second kappa shape index (κ2) is 12.7. The van der Waals surface area contributed by atoms with Crippen LogP contribution in [0, 0.1) is 5.82 Å². The van der Waals surface area contributed by atoms with Crippen LogP contribution in [0.3, 0.4) is 0 Å². The molecule has 4 aromatic rings. The van der Waals surface area contributed by atoms with E-state index in [0.717, 1.165) is 24.1 Å². The molecule has 3 N–H and O–H groups in total. The largest absolute Gasteiger partial charge is 0.487 e. The first-order chi connectivity index (χ1) is 20.0. The first kappa shape index (κ1) is 28.0. The van der Waals surface area contributed by atoms with E-state index in [4.69, 9.17) is 25.0 Å². The highest BCUT2D eigenvalue weighted by Crippen LogP contribution is 2.36. The van der Waals surface area contributed by atoms with E-state index >= 15 is 0 Å². The Morgan fingerprint density at radius 3 is 2.63 bits per heavy atom. The lowest BCUT2D eigenvalue weighted by Gasteiger charge is -2.23. The molecule has 1 aliphatic rings. The number of imidazole rings is 1. The number of rotatable bonds is 11. The molecule has 12 heteroatoms. The van der Waals surface area contributed by atoms with E-state index in [1.165, 1.54) is 12.1 Å². The third-order valence-electron chi connectivity index (χ3n) is 6.80. The molecular formula is C29H32FN7O4. The van der Waals surface area contributed by atoms with Crippen LogP contribution in [-0.4, -0.2) is 63.9 Å². The van der Waals surface area contributed by atoms with Gasteiger partial charge in [0.1, 0.15) is 41.2 Å². The monoisotopic (exact) mass is 561 g/mol. The number of nitrogens with zero attached hydrogens (tertiary/aromatic N) is 6. The summed E-state index contributed by atoms with van der Waals surface area (Å²) in [4.78, 5) is 12.5. The SMILES string of the molecule is C=Nc1c(C(N)=NC)c(-c2ccc(Oc3cc(F)cc(OCc4cncn4CCO)c3)cc2)nn1C1CCOCC1. The van der Waals surface area contributed by atoms with Crippen molar-refractivity contribution in [2.24, 2.45) is 15.7 Å². The summed E-state index contributed by atoms with van der Waals surface area (Å²) in [7, 11) is 1.62. The quantitative estimate of drug-likeness (QED) is 0.206. The van der Waals surface area contributed by atoms with Crippen LogP contribution in [0.25, 0.3) is 11.3 Å². The van der Waals surface area contributed by atoms with Gasteiger partial charge in [0.05, 0.1) is 36.4 Å². The Labute approximate surface area is 236 Å². The van der Waals surface area contributed by atoms with E-state index in [1.807, 2.05) is 16.8 Å². The van der Waals surface area contributed by atoms with Crippen LogP contribution in [0.1, 0.15) is 30.1 Å². The van der Waals surface area contributed by atoms with Crippen molar-refractivity contribution >= 4 is 18.4 Å². The van der Waals surface area contributed by atoms with Gasteiger partial charge in [-0.3, -0.25) is 4.99 Å². The van der Waals surface area contributed by atoms with Crippen LogP contribution in [0.4, 0.5) is 10.2 Å². The van der Waals surface area contributed by atoms with Crippen LogP contribution < -0.4 is 15.2 Å². The Hall–Kier alpha value is -4.55. The number of amidine groups is 1. The van der Waals surface area contributed by atoms with Crippen molar-refractivity contribution in [3.8, 4) is 28.5 Å². The molecule has 0 radical (unpaired) electrons. The Bertz CT molecular complexity index is 1520. The molecule has 0 spiro atoms. The average molecular weight is 562 g/mol. The number of ether oxygens (including phenoxy) is 3. The summed E-state index contributed by atoms with van der Waals surface area (Å²) in [6.45, 7) is 5.59. The van der Waals surface area contributed by atoms with E-state index in [0.29, 0.717) is 54.2 Å². The zero-order valence-electron chi connectivity index (χ0n) is 22.7. The standard InChI is InChI=1S/C29H32FN7O4/c1-32-28(31)26-27(35-37(29(26)33-2)21-7-11-39-12-8-21)19-3-5-23(6-4-19)41-25-14-20(30)13-24(15-25)40-17-22-16-34-18-36(22)9-10-38/h3-6,13-16,18,21,38H,2,7-12,17H2,1H3,(H2,31,32). The Morgan fingerprint density at radius 1 is 1.17 bits per heavy atom. The Morgan fingerprint density at radius 2 is 1.93 bits per heavy atom. The van der Waals surface area contributed by atoms with Gasteiger partial charge in [-0.1, -0.05) is 0 Å². The highest BCUT2D eigenvalue weighted by Gasteiger charge is 2.26. The van der Waals surface area contributed by atoms with Crippen molar-refractivity contribution in [1.82, 2.24) is 19.3 Å². The Balaban J connectivity index is 1.36. The fourth-order valence-electron chi connectivity index (χ4n) is 4.74. The van der Waals surface area contributed by atoms with Crippen LogP contribution in [0.5, 0.6) is 17.2 Å². The summed E-state index contributed by atoms with van der Waals surface area (Å²) in [5.74, 6) is 1.46. The number of aliphatic hydroxyl groups excluding tert-OH is 1. The molecule has 11 nitrogen and oxygen atoms in total. The molecule has 0 amide bonds. The summed E-state index contributed by atoms with van der Waals surface area (Å²) < 4.78 is 35.3. The fraction of sp³-hybridized carbons (Fsp3) is 0.310. The number of aromatic nitrogens is 4. The lowest BCUT2D eigenvalue weighted by molar-refractivity contribution is 0.0668. The predicted molar refractivity (Wildman–Crippen MR) is 153 cm³/mol. The van der Waals surface area contributed by atoms with Crippen LogP contribution in [0.2, 0.25) is 0 Å². The molecule has 0 bridgehead atoms. The van der Waals surface area contributed by atoms with Crippen molar-refractivity contribution in [3.05, 3.63) is 72.1 Å². The van der Waals surface area contributed by atoms with Crippen LogP contribution in [-0.2, 0) is 17.9 Å². The van der Waals surface area contributed by atoms with Crippen molar-refractivity contribution in [1.29, 1.82) is 0 Å². The average Bonchev–Trinajstić information content (AvgIpc) is 3.61. The molecule has 1 saturated heterocycles. The number of aliphatic hydroxyl groups is 1. The molecule has 3 heterocycles. The van der Waals surface area contributed by atoms with Gasteiger partial charge in [0, 0.05) is 50.6 Å². The second-order valence-corrected chi connectivity index (χ2v) is 9.44. The molecule has 214 valence electrons. The lowest BCUT2D eigenvalue weighted by atomic mass is 10.1. The van der Waals surface area contributed by atoms with E-state index in [9.17, 15) is 9.50 Å². The van der Waals surface area contributed by atoms with Gasteiger partial charge in [0.2, 0.25) is 0 Å². The van der Waals surface area contributed by atoms with E-state index in [1.54, 1.807) is 42.3 Å². The molecular weight excluding hydrogens is 529 g/mol. The highest BCUT2D eigenvalue weighted by molar-refractivity contribution is 6.06. The summed E-state index contributed by atoms with van der Waals surface area (Å²) in [6, 6.07) is 11.5. The normalized spacial score (nSPS) is 14.3. The minimum atomic E-state index is -0.500. The minimum absolute atomic E-state index is 0.0227. The molecule has 41 heavy (non-hydrogen) atoms. The molecule has 0 atom stereocenters. The summed E-state index contributed by atoms with van der Waals surface area (Å²) in [5, 5.41) is 14.1. The first-order valence-electron chi connectivity index (χ1n) is 13.2. The first-order valence-corrected chi connectivity index (χ1v) is 13.2. The van der Waals surface area contributed by atoms with Gasteiger partial charge in [0.15, 0.2) is 5.82 Å². The summed E-state index contributed by atoms with van der Waals surface area (Å²) in [6.07, 6.45) is 4.87. The van der Waals surface area contributed by atoms with Gasteiger partial charge in [-0.15, -0.1) is 0 Å². The van der Waals surface area contributed by atoms with Crippen LogP contribution in [0.15, 0.2) is 65.0 Å². The van der Waals surface area contributed by atoms with Gasteiger partial charge in [-0.05, 0) is 43.8 Å². The molecule has 0 saturated carbocycles. The number of hydrogen-bond donors (Lipinski definition) is 2. The summed E-state index contributed by atoms with van der Waals surface area (Å²) in [5.41, 5.74) is 9.08. The Kier molecular flexibility index (Phi) is 8.70. The molecule has 0 unspecified atom stereocenters. The summed E-state index contributed by atoms with van der Waals surface area (Å²) >= 11 is 0. The number of benzene rings is 2. The zero-order chi connectivity index (χ0) is 28.8.